The van der Waals surface area contributed by atoms with Crippen molar-refractivity contribution in [3.8, 4) is 44.5 Å². The zero-order valence-corrected chi connectivity index (χ0v) is 30.6. The van der Waals surface area contributed by atoms with Crippen LogP contribution in [0.3, 0.4) is 0 Å². The van der Waals surface area contributed by atoms with E-state index in [0.29, 0.717) is 0 Å². The molecule has 0 atom stereocenters. The van der Waals surface area contributed by atoms with Gasteiger partial charge in [0.2, 0.25) is 0 Å². The molecule has 0 spiro atoms. The molecule has 0 saturated carbocycles. The van der Waals surface area contributed by atoms with Gasteiger partial charge in [0.25, 0.3) is 0 Å². The van der Waals surface area contributed by atoms with Crippen molar-refractivity contribution in [2.24, 2.45) is 0 Å². The normalized spacial score (nSPS) is 11.8. The van der Waals surface area contributed by atoms with E-state index in [-0.39, 0.29) is 14.5 Å². The predicted octanol–water partition coefficient (Wildman–Crippen LogP) is 14.3. The van der Waals surface area contributed by atoms with Crippen LogP contribution in [0.15, 0.2) is 194 Å². The van der Waals surface area contributed by atoms with E-state index in [0.717, 1.165) is 0 Å². The van der Waals surface area contributed by atoms with E-state index in [1.54, 1.807) is 0 Å². The third kappa shape index (κ3) is 4.69. The van der Waals surface area contributed by atoms with E-state index in [9.17, 15) is 0 Å². The Kier molecular flexibility index (Phi) is 6.98. The minimum atomic E-state index is 0.218. The molecule has 0 bridgehead atoms. The molecule has 0 aliphatic rings. The molecule has 246 valence electrons. The molecule has 1 heteroatoms. The summed E-state index contributed by atoms with van der Waals surface area (Å²) in [5.74, 6) is 0. The molecule has 0 amide bonds. The van der Waals surface area contributed by atoms with Crippen molar-refractivity contribution >= 4 is 76.9 Å². The molecule has 10 aromatic carbocycles. The molecular formula is C52H32Se. The number of rotatable bonds is 4. The van der Waals surface area contributed by atoms with Gasteiger partial charge in [0, 0.05) is 0 Å². The molecule has 0 nitrogen and oxygen atoms in total. The molecule has 0 saturated heterocycles. The molecule has 1 heterocycles. The van der Waals surface area contributed by atoms with Crippen molar-refractivity contribution in [1.82, 2.24) is 0 Å². The van der Waals surface area contributed by atoms with Crippen LogP contribution in [0, 0.1) is 0 Å². The average molecular weight is 736 g/mol. The third-order valence-corrected chi connectivity index (χ3v) is 13.4. The Morgan fingerprint density at radius 1 is 0.245 bits per heavy atom. The van der Waals surface area contributed by atoms with Gasteiger partial charge in [-0.05, 0) is 0 Å². The fraction of sp³-hybridized carbons (Fsp3) is 0. The molecule has 1 aromatic heterocycles. The second-order valence-electron chi connectivity index (χ2n) is 13.9. The number of hydrogen-bond acceptors (Lipinski definition) is 0. The SMILES string of the molecule is c1ccc(-c2c3ccccc3c(-c3ccc4[se]c5cccc(-c6c7ccccc7c(-c7ccccc7)c7ccccc67)c5c4c3)c3ccccc23)cc1. The van der Waals surface area contributed by atoms with Gasteiger partial charge in [0.15, 0.2) is 0 Å². The first-order valence-electron chi connectivity index (χ1n) is 18.3. The van der Waals surface area contributed by atoms with Gasteiger partial charge in [-0.25, -0.2) is 0 Å². The molecule has 11 rings (SSSR count). The summed E-state index contributed by atoms with van der Waals surface area (Å²) in [7, 11) is 0. The van der Waals surface area contributed by atoms with Gasteiger partial charge < -0.3 is 0 Å². The van der Waals surface area contributed by atoms with Gasteiger partial charge in [0.1, 0.15) is 0 Å². The van der Waals surface area contributed by atoms with E-state index >= 15 is 0 Å². The Balaban J connectivity index is 1.23. The summed E-state index contributed by atoms with van der Waals surface area (Å²) in [6, 6.07) is 72.1. The molecular weight excluding hydrogens is 704 g/mol. The Hall–Kier alpha value is -6.24. The van der Waals surface area contributed by atoms with Gasteiger partial charge in [0.05, 0.1) is 0 Å². The van der Waals surface area contributed by atoms with E-state index in [1.807, 2.05) is 0 Å². The van der Waals surface area contributed by atoms with Crippen molar-refractivity contribution in [3.63, 3.8) is 0 Å². The number of fused-ring (bicyclic) bond motifs is 7. The molecule has 0 aliphatic heterocycles. The van der Waals surface area contributed by atoms with Crippen LogP contribution < -0.4 is 0 Å². The first-order chi connectivity index (χ1) is 26.3. The average Bonchev–Trinajstić information content (AvgIpc) is 3.61. The van der Waals surface area contributed by atoms with Gasteiger partial charge in [-0.1, -0.05) is 0 Å². The van der Waals surface area contributed by atoms with Crippen molar-refractivity contribution in [2.45, 2.75) is 0 Å². The summed E-state index contributed by atoms with van der Waals surface area (Å²) in [4.78, 5) is 0. The standard InChI is InChI=1S/C52H32Se/c1-3-16-33(17-4-1)48-36-20-7-9-22-38(36)50(39-23-10-8-21-37(39)48)35-30-31-46-45(32-35)52-44(28-15-29-47(52)53-46)51-42-26-13-11-24-40(42)49(34-18-5-2-6-19-34)41-25-12-14-27-43(41)51/h1-32H. The molecule has 0 fully saturated rings. The fourth-order valence-corrected chi connectivity index (χ4v) is 11.2. The molecule has 0 N–H and O–H groups in total. The van der Waals surface area contributed by atoms with E-state index in [2.05, 4.69) is 194 Å². The van der Waals surface area contributed by atoms with Gasteiger partial charge in [-0.3, -0.25) is 0 Å². The molecule has 0 radical (unpaired) electrons. The summed E-state index contributed by atoms with van der Waals surface area (Å²) in [5.41, 5.74) is 10.3. The zero-order valence-electron chi connectivity index (χ0n) is 28.9. The Labute approximate surface area is 314 Å². The Bertz CT molecular complexity index is 3090. The van der Waals surface area contributed by atoms with Crippen LogP contribution >= 0.6 is 0 Å². The fourth-order valence-electron chi connectivity index (χ4n) is 8.88. The number of hydrogen-bond donors (Lipinski definition) is 0. The maximum absolute atomic E-state index is 2.51. The summed E-state index contributed by atoms with van der Waals surface area (Å²) < 4.78 is 2.91. The van der Waals surface area contributed by atoms with Crippen LogP contribution in [-0.2, 0) is 0 Å². The summed E-state index contributed by atoms with van der Waals surface area (Å²) >= 11 is 0.218. The zero-order chi connectivity index (χ0) is 34.9. The summed E-state index contributed by atoms with van der Waals surface area (Å²) in [6.07, 6.45) is 0. The van der Waals surface area contributed by atoms with E-state index in [4.69, 9.17) is 0 Å². The van der Waals surface area contributed by atoms with E-state index < -0.39 is 0 Å². The van der Waals surface area contributed by atoms with Crippen LogP contribution in [0.4, 0.5) is 0 Å². The topological polar surface area (TPSA) is 0 Å². The molecule has 11 aromatic rings. The Morgan fingerprint density at radius 3 is 1.09 bits per heavy atom. The second-order valence-corrected chi connectivity index (χ2v) is 16.2. The summed E-state index contributed by atoms with van der Waals surface area (Å²) in [6.45, 7) is 0. The minimum absolute atomic E-state index is 0.218. The van der Waals surface area contributed by atoms with Crippen LogP contribution in [0.5, 0.6) is 0 Å². The summed E-state index contributed by atoms with van der Waals surface area (Å²) in [5, 5.41) is 13.1. The van der Waals surface area contributed by atoms with Crippen LogP contribution in [0.25, 0.3) is 107 Å². The predicted molar refractivity (Wildman–Crippen MR) is 230 cm³/mol. The molecule has 0 unspecified atom stereocenters. The van der Waals surface area contributed by atoms with Crippen molar-refractivity contribution in [1.29, 1.82) is 0 Å². The molecule has 0 aliphatic carbocycles. The van der Waals surface area contributed by atoms with Crippen LogP contribution in [-0.4, -0.2) is 14.5 Å². The quantitative estimate of drug-likeness (QED) is 0.125. The van der Waals surface area contributed by atoms with Crippen LogP contribution in [0.1, 0.15) is 0 Å². The van der Waals surface area contributed by atoms with Crippen LogP contribution in [0.2, 0.25) is 0 Å². The molecule has 53 heavy (non-hydrogen) atoms. The third-order valence-electron chi connectivity index (χ3n) is 11.0. The monoisotopic (exact) mass is 736 g/mol. The Morgan fingerprint density at radius 2 is 0.642 bits per heavy atom. The first-order valence-corrected chi connectivity index (χ1v) is 20.0. The van der Waals surface area contributed by atoms with Gasteiger partial charge in [-0.15, -0.1) is 0 Å². The van der Waals surface area contributed by atoms with Crippen molar-refractivity contribution in [2.75, 3.05) is 0 Å². The van der Waals surface area contributed by atoms with Gasteiger partial charge >= 0.3 is 316 Å². The van der Waals surface area contributed by atoms with E-state index in [1.165, 1.54) is 107 Å². The maximum atomic E-state index is 2.51. The first kappa shape index (κ1) is 30.4. The van der Waals surface area contributed by atoms with Gasteiger partial charge in [-0.2, -0.15) is 0 Å². The second kappa shape index (κ2) is 12.2. The van der Waals surface area contributed by atoms with Crippen molar-refractivity contribution in [3.05, 3.63) is 194 Å². The number of benzene rings is 10. The van der Waals surface area contributed by atoms with Crippen molar-refractivity contribution < 1.29 is 0 Å².